The van der Waals surface area contributed by atoms with Gasteiger partial charge in [0.05, 0.1) is 6.10 Å². The van der Waals surface area contributed by atoms with Crippen molar-refractivity contribution in [2.24, 2.45) is 0 Å². The summed E-state index contributed by atoms with van der Waals surface area (Å²) >= 11 is 0. The Labute approximate surface area is 59.1 Å². The van der Waals surface area contributed by atoms with E-state index in [2.05, 4.69) is 0 Å². The van der Waals surface area contributed by atoms with Gasteiger partial charge >= 0.3 is 0 Å². The fourth-order valence-electron chi connectivity index (χ4n) is 0.442. The molecule has 4 N–H and O–H groups in total. The zero-order valence-electron chi connectivity index (χ0n) is 5.94. The van der Waals surface area contributed by atoms with Crippen LogP contribution < -0.4 is 0 Å². The van der Waals surface area contributed by atoms with E-state index in [0.717, 1.165) is 0 Å². The Morgan fingerprint density at radius 3 is 1.70 bits per heavy atom. The molecule has 0 aliphatic rings. The van der Waals surface area contributed by atoms with Crippen LogP contribution in [0.3, 0.4) is 0 Å². The van der Waals surface area contributed by atoms with Crippen molar-refractivity contribution in [2.45, 2.75) is 26.1 Å². The predicted octanol–water partition coefficient (Wildman–Crippen LogP) is 0.0756. The average molecular weight is 148 g/mol. The Bertz CT molecular complexity index is 135. The third-order valence-corrected chi connectivity index (χ3v) is 1.11. The molecule has 0 heterocycles. The highest BCUT2D eigenvalue weighted by molar-refractivity contribution is 5.02. The lowest BCUT2D eigenvalue weighted by molar-refractivity contribution is 0.0244. The van der Waals surface area contributed by atoms with Crippen molar-refractivity contribution in [3.63, 3.8) is 0 Å². The summed E-state index contributed by atoms with van der Waals surface area (Å²) in [5.41, 5.74) is 0. The minimum absolute atomic E-state index is 0.381. The van der Waals surface area contributed by atoms with E-state index in [9.17, 15) is 0 Å². The molecule has 0 aliphatic heterocycles. The van der Waals surface area contributed by atoms with Gasteiger partial charge in [-0.3, -0.25) is 0 Å². The van der Waals surface area contributed by atoms with Gasteiger partial charge in [-0.15, -0.1) is 0 Å². The molecule has 2 unspecified atom stereocenters. The number of rotatable bonds is 2. The maximum atomic E-state index is 8.85. The normalized spacial score (nSPS) is 19.6. The highest BCUT2D eigenvalue weighted by Gasteiger charge is 2.17. The first-order chi connectivity index (χ1) is 4.46. The van der Waals surface area contributed by atoms with E-state index in [-0.39, 0.29) is 5.76 Å². The summed E-state index contributed by atoms with van der Waals surface area (Å²) in [6.45, 7) is 2.53. The molecule has 0 aliphatic carbocycles. The van der Waals surface area contributed by atoms with Crippen LogP contribution in [0.4, 0.5) is 0 Å². The molecule has 10 heavy (non-hydrogen) atoms. The molecular weight excluding hydrogens is 136 g/mol. The largest absolute Gasteiger partial charge is 0.509 e. The first kappa shape index (κ1) is 9.26. The molecule has 2 atom stereocenters. The van der Waals surface area contributed by atoms with E-state index in [1.54, 1.807) is 0 Å². The van der Waals surface area contributed by atoms with Gasteiger partial charge in [0.1, 0.15) is 11.9 Å². The van der Waals surface area contributed by atoms with Crippen molar-refractivity contribution in [2.75, 3.05) is 0 Å². The summed E-state index contributed by atoms with van der Waals surface area (Å²) in [5.74, 6) is -0.969. The van der Waals surface area contributed by atoms with Crippen molar-refractivity contribution in [3.8, 4) is 0 Å². The van der Waals surface area contributed by atoms with Crippen LogP contribution in [0, 0.1) is 0 Å². The van der Waals surface area contributed by atoms with E-state index in [1.165, 1.54) is 13.8 Å². The molecule has 4 heteroatoms. The Hall–Kier alpha value is -0.740. The first-order valence-corrected chi connectivity index (χ1v) is 2.91. The molecule has 0 amide bonds. The smallest absolute Gasteiger partial charge is 0.161 e. The maximum absolute atomic E-state index is 8.85. The van der Waals surface area contributed by atoms with Gasteiger partial charge in [-0.1, -0.05) is 0 Å². The highest BCUT2D eigenvalue weighted by atomic mass is 16.4. The molecule has 0 bridgehead atoms. The summed E-state index contributed by atoms with van der Waals surface area (Å²) in [6.07, 6.45) is -2.48. The number of allylic oxidation sites excluding steroid dienone is 1. The number of aliphatic hydroxyl groups is 4. The molecule has 0 fully saturated rings. The van der Waals surface area contributed by atoms with Crippen LogP contribution in [-0.2, 0) is 0 Å². The van der Waals surface area contributed by atoms with Crippen LogP contribution in [0.15, 0.2) is 11.5 Å². The van der Waals surface area contributed by atoms with Crippen LogP contribution >= 0.6 is 0 Å². The van der Waals surface area contributed by atoms with E-state index in [1.807, 2.05) is 0 Å². The maximum Gasteiger partial charge on any atom is 0.161 e. The van der Waals surface area contributed by atoms with Crippen LogP contribution in [0.1, 0.15) is 13.8 Å². The predicted molar refractivity (Wildman–Crippen MR) is 35.6 cm³/mol. The second-order valence-electron chi connectivity index (χ2n) is 2.16. The van der Waals surface area contributed by atoms with Gasteiger partial charge in [-0.25, -0.2) is 0 Å². The van der Waals surface area contributed by atoms with Crippen molar-refractivity contribution in [1.29, 1.82) is 0 Å². The third kappa shape index (κ3) is 2.24. The van der Waals surface area contributed by atoms with Crippen LogP contribution in [0.5, 0.6) is 0 Å². The Kier molecular flexibility index (Phi) is 3.18. The van der Waals surface area contributed by atoms with E-state index >= 15 is 0 Å². The molecule has 60 valence electrons. The van der Waals surface area contributed by atoms with E-state index in [4.69, 9.17) is 20.4 Å². The van der Waals surface area contributed by atoms with Gasteiger partial charge in [0.2, 0.25) is 0 Å². The quantitative estimate of drug-likeness (QED) is 0.418. The van der Waals surface area contributed by atoms with Crippen LogP contribution in [0.25, 0.3) is 0 Å². The topological polar surface area (TPSA) is 80.9 Å². The number of aliphatic hydroxyl groups excluding tert-OH is 4. The lowest BCUT2D eigenvalue weighted by atomic mass is 10.2. The summed E-state index contributed by atoms with van der Waals surface area (Å²) < 4.78 is 0. The molecule has 0 aromatic carbocycles. The van der Waals surface area contributed by atoms with Crippen molar-refractivity contribution >= 4 is 0 Å². The summed E-state index contributed by atoms with van der Waals surface area (Å²) in [6, 6.07) is 0. The van der Waals surface area contributed by atoms with E-state index < -0.39 is 18.0 Å². The average Bonchev–Trinajstić information content (AvgIpc) is 1.84. The summed E-state index contributed by atoms with van der Waals surface area (Å²) in [5, 5.41) is 34.9. The van der Waals surface area contributed by atoms with Gasteiger partial charge in [-0.2, -0.15) is 0 Å². The minimum atomic E-state index is -1.40. The molecule has 4 nitrogen and oxygen atoms in total. The standard InChI is InChI=1S/C6H12O4/c1-3(7)5(9)6(10)4(2)8/h3,5,7-10H,1-2H3/b6-4-. The van der Waals surface area contributed by atoms with Gasteiger partial charge in [0.15, 0.2) is 5.76 Å². The molecule has 0 saturated carbocycles. The zero-order valence-corrected chi connectivity index (χ0v) is 5.94. The Morgan fingerprint density at radius 2 is 1.60 bits per heavy atom. The highest BCUT2D eigenvalue weighted by Crippen LogP contribution is 2.06. The lowest BCUT2D eigenvalue weighted by Crippen LogP contribution is -2.25. The second-order valence-corrected chi connectivity index (χ2v) is 2.16. The lowest BCUT2D eigenvalue weighted by Gasteiger charge is -2.12. The molecule has 0 aromatic heterocycles. The Balaban J connectivity index is 4.22. The Morgan fingerprint density at radius 1 is 1.20 bits per heavy atom. The minimum Gasteiger partial charge on any atom is -0.509 e. The summed E-state index contributed by atoms with van der Waals surface area (Å²) in [4.78, 5) is 0. The summed E-state index contributed by atoms with van der Waals surface area (Å²) in [7, 11) is 0. The molecule has 0 aromatic rings. The molecule has 0 rings (SSSR count). The van der Waals surface area contributed by atoms with Gasteiger partial charge in [0.25, 0.3) is 0 Å². The second kappa shape index (κ2) is 3.43. The van der Waals surface area contributed by atoms with Crippen LogP contribution in [-0.4, -0.2) is 32.6 Å². The molecule has 0 radical (unpaired) electrons. The number of hydrogen-bond donors (Lipinski definition) is 4. The zero-order chi connectivity index (χ0) is 8.31. The fourth-order valence-corrected chi connectivity index (χ4v) is 0.442. The van der Waals surface area contributed by atoms with Crippen LogP contribution in [0.2, 0.25) is 0 Å². The molecule has 0 spiro atoms. The molecule has 0 saturated heterocycles. The van der Waals surface area contributed by atoms with Crippen molar-refractivity contribution < 1.29 is 20.4 Å². The van der Waals surface area contributed by atoms with Gasteiger partial charge in [0, 0.05) is 0 Å². The SMILES string of the molecule is C/C(O)=C(/O)C(O)C(C)O. The first-order valence-electron chi connectivity index (χ1n) is 2.91. The monoisotopic (exact) mass is 148 g/mol. The number of hydrogen-bond acceptors (Lipinski definition) is 4. The van der Waals surface area contributed by atoms with Crippen molar-refractivity contribution in [1.82, 2.24) is 0 Å². The fraction of sp³-hybridized carbons (Fsp3) is 0.667. The van der Waals surface area contributed by atoms with E-state index in [0.29, 0.717) is 0 Å². The molecular formula is C6H12O4. The van der Waals surface area contributed by atoms with Crippen molar-refractivity contribution in [3.05, 3.63) is 11.5 Å². The third-order valence-electron chi connectivity index (χ3n) is 1.11. The van der Waals surface area contributed by atoms with Gasteiger partial charge in [-0.05, 0) is 13.8 Å². The van der Waals surface area contributed by atoms with Gasteiger partial charge < -0.3 is 20.4 Å².